The molecule has 1 amide bonds. The second-order valence-corrected chi connectivity index (χ2v) is 5.20. The van der Waals surface area contributed by atoms with E-state index in [1.807, 2.05) is 56.3 Å². The molecule has 1 heterocycles. The molecule has 0 spiro atoms. The summed E-state index contributed by atoms with van der Waals surface area (Å²) in [5.74, 6) is 6.31. The second kappa shape index (κ2) is 4.87. The molecule has 0 bridgehead atoms. The van der Waals surface area contributed by atoms with Crippen molar-refractivity contribution in [1.29, 1.82) is 0 Å². The lowest BCUT2D eigenvalue weighted by molar-refractivity contribution is 0.181. The minimum absolute atomic E-state index is 0.455. The number of fused-ring (bicyclic) bond motifs is 1. The van der Waals surface area contributed by atoms with Crippen molar-refractivity contribution < 1.29 is 9.53 Å². The zero-order valence-electron chi connectivity index (χ0n) is 12.0. The monoisotopic (exact) mass is 283 g/mol. The van der Waals surface area contributed by atoms with Crippen LogP contribution in [0.2, 0.25) is 0 Å². The summed E-state index contributed by atoms with van der Waals surface area (Å²) in [6, 6.07) is 15.0. The molecule has 0 fully saturated rings. The van der Waals surface area contributed by atoms with Crippen LogP contribution in [0.5, 0.6) is 5.75 Å². The molecule has 5 nitrogen and oxygen atoms in total. The molecule has 2 aromatic carbocycles. The van der Waals surface area contributed by atoms with Gasteiger partial charge in [0.15, 0.2) is 0 Å². The van der Waals surface area contributed by atoms with Gasteiger partial charge in [0, 0.05) is 5.56 Å². The molecule has 2 aromatic rings. The Morgan fingerprint density at radius 3 is 2.52 bits per heavy atom. The molecule has 1 atom stereocenters. The Bertz CT molecular complexity index is 701. The molecular formula is C16H17N3O2. The highest BCUT2D eigenvalue weighted by molar-refractivity contribution is 5.94. The number of para-hydroxylation sites is 2. The maximum absolute atomic E-state index is 12.5. The molecule has 5 heteroatoms. The van der Waals surface area contributed by atoms with Gasteiger partial charge in [-0.15, -0.1) is 0 Å². The summed E-state index contributed by atoms with van der Waals surface area (Å²) >= 11 is 0. The highest BCUT2D eigenvalue weighted by Gasteiger charge is 2.45. The normalized spacial score (nSPS) is 20.9. The van der Waals surface area contributed by atoms with E-state index in [1.54, 1.807) is 11.0 Å². The number of aryl methyl sites for hydroxylation is 1. The number of nitrogens with one attached hydrogen (secondary N) is 1. The van der Waals surface area contributed by atoms with Crippen LogP contribution in [0.15, 0.2) is 48.5 Å². The second-order valence-electron chi connectivity index (χ2n) is 5.20. The average molecular weight is 283 g/mol. The smallest absolute Gasteiger partial charge is 0.409 e. The maximum Gasteiger partial charge on any atom is 0.421 e. The van der Waals surface area contributed by atoms with Crippen molar-refractivity contribution in [1.82, 2.24) is 5.43 Å². The SMILES string of the molecule is Cc1ccccc1N1C(=O)Oc2ccccc2C1(C)NN. The number of amides is 1. The number of hydrogen-bond acceptors (Lipinski definition) is 4. The van der Waals surface area contributed by atoms with Gasteiger partial charge in [-0.3, -0.25) is 10.7 Å². The van der Waals surface area contributed by atoms with Crippen LogP contribution in [0.3, 0.4) is 0 Å². The third-order valence-electron chi connectivity index (χ3n) is 3.88. The van der Waals surface area contributed by atoms with Gasteiger partial charge in [0.1, 0.15) is 11.4 Å². The van der Waals surface area contributed by atoms with Crippen molar-refractivity contribution >= 4 is 11.8 Å². The molecule has 108 valence electrons. The molecule has 0 saturated heterocycles. The summed E-state index contributed by atoms with van der Waals surface area (Å²) in [6.07, 6.45) is -0.455. The quantitative estimate of drug-likeness (QED) is 0.657. The van der Waals surface area contributed by atoms with Crippen LogP contribution in [0.25, 0.3) is 0 Å². The first-order chi connectivity index (χ1) is 10.1. The lowest BCUT2D eigenvalue weighted by Crippen LogP contribution is -2.62. The number of hydrazine groups is 1. The van der Waals surface area contributed by atoms with E-state index >= 15 is 0 Å². The van der Waals surface area contributed by atoms with Crippen LogP contribution < -0.4 is 20.9 Å². The van der Waals surface area contributed by atoms with Crippen LogP contribution in [-0.4, -0.2) is 6.09 Å². The van der Waals surface area contributed by atoms with Gasteiger partial charge in [0.05, 0.1) is 5.69 Å². The van der Waals surface area contributed by atoms with Gasteiger partial charge in [-0.1, -0.05) is 36.4 Å². The fourth-order valence-electron chi connectivity index (χ4n) is 2.70. The first kappa shape index (κ1) is 13.6. The highest BCUT2D eigenvalue weighted by atomic mass is 16.6. The zero-order chi connectivity index (χ0) is 15.0. The number of ether oxygens (including phenoxy) is 1. The van der Waals surface area contributed by atoms with Crippen molar-refractivity contribution in [2.75, 3.05) is 4.90 Å². The predicted molar refractivity (Wildman–Crippen MR) is 80.8 cm³/mol. The maximum atomic E-state index is 12.5. The number of carbonyl (C=O) groups is 1. The Hall–Kier alpha value is -2.37. The van der Waals surface area contributed by atoms with E-state index < -0.39 is 11.8 Å². The van der Waals surface area contributed by atoms with E-state index in [0.717, 1.165) is 16.8 Å². The molecule has 1 aliphatic heterocycles. The number of rotatable bonds is 2. The Morgan fingerprint density at radius 1 is 1.14 bits per heavy atom. The third-order valence-corrected chi connectivity index (χ3v) is 3.88. The Morgan fingerprint density at radius 2 is 1.81 bits per heavy atom. The van der Waals surface area contributed by atoms with E-state index in [4.69, 9.17) is 10.6 Å². The van der Waals surface area contributed by atoms with Crippen molar-refractivity contribution in [3.8, 4) is 5.75 Å². The topological polar surface area (TPSA) is 67.6 Å². The highest BCUT2D eigenvalue weighted by Crippen LogP contribution is 2.40. The summed E-state index contributed by atoms with van der Waals surface area (Å²) in [5.41, 5.74) is 4.44. The fourth-order valence-corrected chi connectivity index (χ4v) is 2.70. The molecular weight excluding hydrogens is 266 g/mol. The van der Waals surface area contributed by atoms with E-state index in [9.17, 15) is 4.79 Å². The van der Waals surface area contributed by atoms with Crippen LogP contribution in [0.1, 0.15) is 18.1 Å². The van der Waals surface area contributed by atoms with Crippen molar-refractivity contribution in [2.24, 2.45) is 5.84 Å². The summed E-state index contributed by atoms with van der Waals surface area (Å²) < 4.78 is 5.44. The van der Waals surface area contributed by atoms with Crippen LogP contribution in [-0.2, 0) is 5.66 Å². The minimum atomic E-state index is -0.877. The number of nitrogens with two attached hydrogens (primary N) is 1. The van der Waals surface area contributed by atoms with Crippen LogP contribution >= 0.6 is 0 Å². The zero-order valence-corrected chi connectivity index (χ0v) is 12.0. The van der Waals surface area contributed by atoms with Gasteiger partial charge in [0.25, 0.3) is 0 Å². The number of anilines is 1. The van der Waals surface area contributed by atoms with E-state index in [-0.39, 0.29) is 0 Å². The fraction of sp³-hybridized carbons (Fsp3) is 0.188. The van der Waals surface area contributed by atoms with Crippen molar-refractivity contribution in [3.63, 3.8) is 0 Å². The first-order valence-electron chi connectivity index (χ1n) is 6.73. The third kappa shape index (κ3) is 1.98. The van der Waals surface area contributed by atoms with Crippen molar-refractivity contribution in [3.05, 3.63) is 59.7 Å². The van der Waals surface area contributed by atoms with E-state index in [0.29, 0.717) is 5.75 Å². The number of nitrogens with zero attached hydrogens (tertiary/aromatic N) is 1. The Kier molecular flexibility index (Phi) is 3.16. The molecule has 3 rings (SSSR count). The van der Waals surface area contributed by atoms with E-state index in [2.05, 4.69) is 5.43 Å². The number of hydrogen-bond donors (Lipinski definition) is 2. The van der Waals surface area contributed by atoms with Gasteiger partial charge in [-0.2, -0.15) is 0 Å². The molecule has 1 aliphatic rings. The van der Waals surface area contributed by atoms with Gasteiger partial charge in [-0.05, 0) is 31.5 Å². The lowest BCUT2D eigenvalue weighted by atomic mass is 9.96. The van der Waals surface area contributed by atoms with E-state index in [1.165, 1.54) is 0 Å². The molecule has 3 N–H and O–H groups in total. The average Bonchev–Trinajstić information content (AvgIpc) is 2.49. The minimum Gasteiger partial charge on any atom is -0.409 e. The van der Waals surface area contributed by atoms with Gasteiger partial charge >= 0.3 is 6.09 Å². The molecule has 1 unspecified atom stereocenters. The first-order valence-corrected chi connectivity index (χ1v) is 6.73. The molecule has 0 saturated carbocycles. The number of carbonyl (C=O) groups excluding carboxylic acids is 1. The van der Waals surface area contributed by atoms with Gasteiger partial charge in [-0.25, -0.2) is 10.2 Å². The summed E-state index contributed by atoms with van der Waals surface area (Å²) in [6.45, 7) is 3.80. The number of benzene rings is 2. The summed E-state index contributed by atoms with van der Waals surface area (Å²) in [5, 5.41) is 0. The van der Waals surface area contributed by atoms with Crippen LogP contribution in [0.4, 0.5) is 10.5 Å². The molecule has 0 aromatic heterocycles. The molecule has 0 radical (unpaired) electrons. The standard InChI is InChI=1S/C16H17N3O2/c1-11-7-3-5-9-13(11)19-15(20)21-14-10-6-4-8-12(14)16(19,2)18-17/h3-10,18H,17H2,1-2H3. The van der Waals surface area contributed by atoms with Gasteiger partial charge in [0.2, 0.25) is 0 Å². The van der Waals surface area contributed by atoms with Crippen molar-refractivity contribution in [2.45, 2.75) is 19.5 Å². The molecule has 21 heavy (non-hydrogen) atoms. The summed E-state index contributed by atoms with van der Waals surface area (Å²) in [4.78, 5) is 14.0. The lowest BCUT2D eigenvalue weighted by Gasteiger charge is -2.44. The Labute approximate surface area is 123 Å². The van der Waals surface area contributed by atoms with Crippen LogP contribution in [0, 0.1) is 6.92 Å². The largest absolute Gasteiger partial charge is 0.421 e. The van der Waals surface area contributed by atoms with Gasteiger partial charge < -0.3 is 4.74 Å². The molecule has 0 aliphatic carbocycles. The Balaban J connectivity index is 2.22. The summed E-state index contributed by atoms with van der Waals surface area (Å²) in [7, 11) is 0. The predicted octanol–water partition coefficient (Wildman–Crippen LogP) is 2.65.